The minimum Gasteiger partial charge on any atom is -0.447 e. The van der Waals surface area contributed by atoms with E-state index in [0.717, 1.165) is 12.1 Å². The molecular weight excluding hydrogens is 249 g/mol. The molecule has 1 aliphatic heterocycles. The summed E-state index contributed by atoms with van der Waals surface area (Å²) in [6, 6.07) is 3.31. The molecule has 1 aliphatic rings. The fraction of sp³-hybridized carbons (Fsp3) is 0.222. The molecule has 16 heavy (non-hydrogen) atoms. The predicted molar refractivity (Wildman–Crippen MR) is 47.7 cm³/mol. The number of alkyl halides is 3. The Hall–Kier alpha value is -1.43. The highest BCUT2D eigenvalue weighted by Gasteiger charge is 2.49. The standard InChI is InChI=1S/C9H4ClF3O3/c10-7(14)4-1-2-5-6(3-4)16-9(12,13)8(11)15-5/h1-3,8H. The Balaban J connectivity index is 2.42. The van der Waals surface area contributed by atoms with Crippen LogP contribution in [0.15, 0.2) is 18.2 Å². The third kappa shape index (κ3) is 1.80. The molecule has 0 saturated carbocycles. The smallest absolute Gasteiger partial charge is 0.447 e. The van der Waals surface area contributed by atoms with E-state index in [1.807, 2.05) is 0 Å². The van der Waals surface area contributed by atoms with Gasteiger partial charge in [-0.3, -0.25) is 4.79 Å². The Bertz CT molecular complexity index is 450. The topological polar surface area (TPSA) is 35.5 Å². The maximum absolute atomic E-state index is 12.8. The molecule has 86 valence electrons. The van der Waals surface area contributed by atoms with Crippen molar-refractivity contribution in [3.8, 4) is 11.5 Å². The van der Waals surface area contributed by atoms with Crippen LogP contribution in [0.3, 0.4) is 0 Å². The lowest BCUT2D eigenvalue weighted by molar-refractivity contribution is -0.281. The Kier molecular flexibility index (Phi) is 2.46. The van der Waals surface area contributed by atoms with Crippen molar-refractivity contribution in [1.82, 2.24) is 0 Å². The lowest BCUT2D eigenvalue weighted by atomic mass is 10.2. The number of rotatable bonds is 1. The van der Waals surface area contributed by atoms with E-state index in [1.165, 1.54) is 6.07 Å². The summed E-state index contributed by atoms with van der Waals surface area (Å²) in [5.41, 5.74) is -0.0443. The zero-order valence-electron chi connectivity index (χ0n) is 7.55. The lowest BCUT2D eigenvalue weighted by Crippen LogP contribution is -2.43. The average molecular weight is 253 g/mol. The number of carbonyl (C=O) groups is 1. The molecule has 1 aromatic carbocycles. The minimum absolute atomic E-state index is 0.0443. The van der Waals surface area contributed by atoms with Crippen molar-refractivity contribution in [2.45, 2.75) is 12.5 Å². The first kappa shape index (κ1) is 11.1. The van der Waals surface area contributed by atoms with E-state index >= 15 is 0 Å². The molecule has 0 saturated heterocycles. The van der Waals surface area contributed by atoms with Gasteiger partial charge in [0.25, 0.3) is 5.24 Å². The maximum atomic E-state index is 12.8. The molecule has 0 spiro atoms. The van der Waals surface area contributed by atoms with Gasteiger partial charge in [-0.2, -0.15) is 13.2 Å². The van der Waals surface area contributed by atoms with Crippen LogP contribution in [-0.4, -0.2) is 17.7 Å². The van der Waals surface area contributed by atoms with Gasteiger partial charge in [-0.1, -0.05) is 0 Å². The van der Waals surface area contributed by atoms with E-state index in [9.17, 15) is 18.0 Å². The summed E-state index contributed by atoms with van der Waals surface area (Å²) in [6.45, 7) is 0. The molecule has 1 heterocycles. The molecule has 0 amide bonds. The van der Waals surface area contributed by atoms with Crippen molar-refractivity contribution in [3.63, 3.8) is 0 Å². The first-order valence-corrected chi connectivity index (χ1v) is 4.49. The van der Waals surface area contributed by atoms with Gasteiger partial charge in [-0.25, -0.2) is 0 Å². The van der Waals surface area contributed by atoms with Crippen LogP contribution in [0.5, 0.6) is 11.5 Å². The number of hydrogen-bond donors (Lipinski definition) is 0. The van der Waals surface area contributed by atoms with Gasteiger partial charge in [0.05, 0.1) is 0 Å². The van der Waals surface area contributed by atoms with Gasteiger partial charge in [0, 0.05) is 5.56 Å². The summed E-state index contributed by atoms with van der Waals surface area (Å²) in [5.74, 6) is -0.634. The molecule has 0 aliphatic carbocycles. The van der Waals surface area contributed by atoms with Crippen molar-refractivity contribution >= 4 is 16.8 Å². The summed E-state index contributed by atoms with van der Waals surface area (Å²) in [5, 5.41) is -0.836. The molecule has 1 atom stereocenters. The number of hydrogen-bond acceptors (Lipinski definition) is 3. The van der Waals surface area contributed by atoms with Gasteiger partial charge >= 0.3 is 12.5 Å². The Labute approximate surface area is 92.7 Å². The summed E-state index contributed by atoms with van der Waals surface area (Å²) in [4.78, 5) is 10.8. The van der Waals surface area contributed by atoms with Crippen LogP contribution in [0, 0.1) is 0 Å². The van der Waals surface area contributed by atoms with Crippen molar-refractivity contribution in [3.05, 3.63) is 23.8 Å². The summed E-state index contributed by atoms with van der Waals surface area (Å²) >= 11 is 5.15. The van der Waals surface area contributed by atoms with E-state index in [-0.39, 0.29) is 11.3 Å². The van der Waals surface area contributed by atoms with Crippen molar-refractivity contribution in [2.75, 3.05) is 0 Å². The third-order valence-corrected chi connectivity index (χ3v) is 2.13. The monoisotopic (exact) mass is 252 g/mol. The Morgan fingerprint density at radius 3 is 2.69 bits per heavy atom. The Morgan fingerprint density at radius 1 is 1.38 bits per heavy atom. The zero-order chi connectivity index (χ0) is 11.9. The lowest BCUT2D eigenvalue weighted by Gasteiger charge is -2.28. The molecular formula is C9H4ClF3O3. The SMILES string of the molecule is O=C(Cl)c1ccc2c(c1)OC(F)(F)C(F)O2. The molecule has 1 aromatic rings. The largest absolute Gasteiger partial charge is 0.468 e. The van der Waals surface area contributed by atoms with Crippen LogP contribution in [-0.2, 0) is 0 Å². The highest BCUT2D eigenvalue weighted by atomic mass is 35.5. The van der Waals surface area contributed by atoms with E-state index in [4.69, 9.17) is 11.6 Å². The first-order chi connectivity index (χ1) is 7.40. The van der Waals surface area contributed by atoms with Gasteiger partial charge in [0.15, 0.2) is 11.5 Å². The molecule has 0 aromatic heterocycles. The molecule has 0 N–H and O–H groups in total. The average Bonchev–Trinajstić information content (AvgIpc) is 2.18. The molecule has 7 heteroatoms. The van der Waals surface area contributed by atoms with Crippen LogP contribution in [0.4, 0.5) is 13.2 Å². The van der Waals surface area contributed by atoms with Crippen LogP contribution < -0.4 is 9.47 Å². The van der Waals surface area contributed by atoms with E-state index in [0.29, 0.717) is 0 Å². The zero-order valence-corrected chi connectivity index (χ0v) is 8.30. The number of halogens is 4. The highest BCUT2D eigenvalue weighted by Crippen LogP contribution is 2.40. The van der Waals surface area contributed by atoms with Gasteiger partial charge in [0.2, 0.25) is 0 Å². The van der Waals surface area contributed by atoms with Gasteiger partial charge in [0.1, 0.15) is 0 Å². The molecule has 0 radical (unpaired) electrons. The molecule has 0 fully saturated rings. The molecule has 2 rings (SSSR count). The molecule has 1 unspecified atom stereocenters. The number of carbonyl (C=O) groups excluding carboxylic acids is 1. The fourth-order valence-corrected chi connectivity index (χ4v) is 1.30. The number of benzene rings is 1. The van der Waals surface area contributed by atoms with E-state index < -0.39 is 23.5 Å². The van der Waals surface area contributed by atoms with E-state index in [1.54, 1.807) is 0 Å². The fourth-order valence-electron chi connectivity index (χ4n) is 1.18. The Morgan fingerprint density at radius 2 is 2.06 bits per heavy atom. The van der Waals surface area contributed by atoms with Gasteiger partial charge in [-0.05, 0) is 29.8 Å². The van der Waals surface area contributed by atoms with Gasteiger partial charge in [-0.15, -0.1) is 0 Å². The van der Waals surface area contributed by atoms with E-state index in [2.05, 4.69) is 9.47 Å². The highest BCUT2D eigenvalue weighted by molar-refractivity contribution is 6.67. The van der Waals surface area contributed by atoms with Gasteiger partial charge < -0.3 is 9.47 Å². The second-order valence-electron chi connectivity index (χ2n) is 3.03. The summed E-state index contributed by atoms with van der Waals surface area (Å²) < 4.78 is 46.6. The predicted octanol–water partition coefficient (Wildman–Crippen LogP) is 2.73. The quantitative estimate of drug-likeness (QED) is 0.721. The van der Waals surface area contributed by atoms with Crippen molar-refractivity contribution in [1.29, 1.82) is 0 Å². The second-order valence-corrected chi connectivity index (χ2v) is 3.38. The summed E-state index contributed by atoms with van der Waals surface area (Å²) in [7, 11) is 0. The minimum atomic E-state index is -4.08. The number of ether oxygens (including phenoxy) is 2. The van der Waals surface area contributed by atoms with Crippen molar-refractivity contribution < 1.29 is 27.4 Å². The second kappa shape index (κ2) is 3.55. The number of fused-ring (bicyclic) bond motifs is 1. The van der Waals surface area contributed by atoms with Crippen LogP contribution in [0.25, 0.3) is 0 Å². The molecule has 3 nitrogen and oxygen atoms in total. The van der Waals surface area contributed by atoms with Crippen LogP contribution in [0.2, 0.25) is 0 Å². The van der Waals surface area contributed by atoms with Crippen molar-refractivity contribution in [2.24, 2.45) is 0 Å². The van der Waals surface area contributed by atoms with Crippen LogP contribution in [0.1, 0.15) is 10.4 Å². The third-order valence-electron chi connectivity index (χ3n) is 1.91. The summed E-state index contributed by atoms with van der Waals surface area (Å²) in [6.07, 6.45) is -6.96. The maximum Gasteiger partial charge on any atom is 0.468 e. The first-order valence-electron chi connectivity index (χ1n) is 4.11. The van der Waals surface area contributed by atoms with Crippen LogP contribution >= 0.6 is 11.6 Å². The normalized spacial score (nSPS) is 21.6. The molecule has 0 bridgehead atoms.